The molecule has 9 atom stereocenters. The quantitative estimate of drug-likeness (QED) is 0.0381. The van der Waals surface area contributed by atoms with Gasteiger partial charge in [0.05, 0.1) is 6.04 Å². The van der Waals surface area contributed by atoms with Crippen LogP contribution in [0.1, 0.15) is 96.0 Å². The van der Waals surface area contributed by atoms with Crippen LogP contribution in [0.25, 0.3) is 10.9 Å². The molecule has 0 spiro atoms. The molecular formula is C60H76N10O11. The number of phenolic OH excluding ortho intramolecular Hbond substituents is 1. The van der Waals surface area contributed by atoms with Gasteiger partial charge in [-0.2, -0.15) is 0 Å². The zero-order chi connectivity index (χ0) is 59.1. The number of fused-ring (bicyclic) bond motifs is 1. The third kappa shape index (κ3) is 16.7. The summed E-state index contributed by atoms with van der Waals surface area (Å²) in [4.78, 5) is 131. The zero-order valence-electron chi connectivity index (χ0n) is 46.8. The van der Waals surface area contributed by atoms with Crippen molar-refractivity contribution >= 4 is 64.1 Å². The Hall–Kier alpha value is -8.59. The number of aromatic amines is 1. The highest BCUT2D eigenvalue weighted by atomic mass is 16.4. The number of hydrogen-bond donors (Lipinski definition) is 10. The molecule has 5 aromatic rings. The number of H-pyrrole nitrogens is 1. The maximum absolute atomic E-state index is 14.9. The fourth-order valence-corrected chi connectivity index (χ4v) is 9.80. The molecule has 81 heavy (non-hydrogen) atoms. The predicted octanol–water partition coefficient (Wildman–Crippen LogP) is 3.50. The Morgan fingerprint density at radius 2 is 1.23 bits per heavy atom. The standard InChI is InChI=1S/C60H76N10O11/c1-34(2)29-47(65-53(73)45(61)30-39-17-10-8-11-18-39)54(74)63-36(5)58(78)69-28-16-23-49(69)56(76)66-48(31-40-24-26-42(71)27-25-40)55(75)68-51(44-32-62-46-22-15-14-21-43(44)46)57(77)64-37(6)59(79)70(33-41-19-12-9-13-20-41)38(7)52(72)67-50(35(3)4)60(80)81/h8-15,17-22,24-27,32,34-38,45,47-51,62,71H,16,23,28-31,33,61H2,1-7H3,(H,63,74)(H,64,77)(H,65,73)(H,66,76)(H,67,72)(H,68,75)(H,80,81). The molecule has 1 fully saturated rings. The largest absolute Gasteiger partial charge is 0.508 e. The normalized spacial score (nSPS) is 16.2. The minimum absolute atomic E-state index is 0.0287. The number of benzene rings is 4. The fourth-order valence-electron chi connectivity index (χ4n) is 9.80. The van der Waals surface area contributed by atoms with E-state index < -0.39 is 114 Å². The van der Waals surface area contributed by atoms with Crippen molar-refractivity contribution in [2.24, 2.45) is 17.6 Å². The van der Waals surface area contributed by atoms with Crippen LogP contribution in [-0.2, 0) is 62.5 Å². The van der Waals surface area contributed by atoms with Gasteiger partial charge in [-0.3, -0.25) is 38.4 Å². The Balaban J connectivity index is 1.22. The van der Waals surface area contributed by atoms with Crippen LogP contribution in [0, 0.1) is 11.8 Å². The van der Waals surface area contributed by atoms with Gasteiger partial charge in [0, 0.05) is 42.2 Å². The van der Waals surface area contributed by atoms with Gasteiger partial charge in [0.2, 0.25) is 47.3 Å². The van der Waals surface area contributed by atoms with Crippen LogP contribution < -0.4 is 37.6 Å². The minimum Gasteiger partial charge on any atom is -0.508 e. The Morgan fingerprint density at radius 1 is 0.642 bits per heavy atom. The second-order valence-electron chi connectivity index (χ2n) is 21.5. The van der Waals surface area contributed by atoms with E-state index in [1.54, 1.807) is 86.8 Å². The molecule has 0 radical (unpaired) electrons. The molecule has 2 heterocycles. The van der Waals surface area contributed by atoms with Crippen molar-refractivity contribution in [3.63, 3.8) is 0 Å². The molecule has 1 saturated heterocycles. The first-order chi connectivity index (χ1) is 38.5. The van der Waals surface area contributed by atoms with E-state index in [0.29, 0.717) is 34.0 Å². The molecule has 0 aliphatic carbocycles. The molecule has 4 aromatic carbocycles. The van der Waals surface area contributed by atoms with Gasteiger partial charge in [0.15, 0.2) is 0 Å². The van der Waals surface area contributed by atoms with E-state index >= 15 is 0 Å². The summed E-state index contributed by atoms with van der Waals surface area (Å²) in [6.45, 7) is 11.5. The fraction of sp³-hybridized carbons (Fsp3) is 0.417. The summed E-state index contributed by atoms with van der Waals surface area (Å²) < 4.78 is 0. The van der Waals surface area contributed by atoms with Crippen molar-refractivity contribution in [2.75, 3.05) is 6.54 Å². The lowest BCUT2D eigenvalue weighted by Gasteiger charge is -2.33. The molecule has 432 valence electrons. The molecule has 11 N–H and O–H groups in total. The number of carboxylic acids is 1. The van der Waals surface area contributed by atoms with E-state index in [2.05, 4.69) is 36.9 Å². The molecule has 8 amide bonds. The lowest BCUT2D eigenvalue weighted by atomic mass is 10.0. The number of carboxylic acid groups (broad SMARTS) is 1. The monoisotopic (exact) mass is 1110 g/mol. The molecule has 6 rings (SSSR count). The maximum Gasteiger partial charge on any atom is 0.326 e. The first-order valence-electron chi connectivity index (χ1n) is 27.4. The number of likely N-dealkylation sites (tertiary alicyclic amines) is 1. The smallest absolute Gasteiger partial charge is 0.326 e. The van der Waals surface area contributed by atoms with Crippen molar-refractivity contribution in [1.29, 1.82) is 0 Å². The number of rotatable bonds is 26. The molecule has 1 aliphatic heterocycles. The van der Waals surface area contributed by atoms with Crippen LogP contribution >= 0.6 is 0 Å². The van der Waals surface area contributed by atoms with E-state index in [-0.39, 0.29) is 50.4 Å². The number of nitrogens with zero attached hydrogens (tertiary/aromatic N) is 2. The Labute approximate surface area is 471 Å². The van der Waals surface area contributed by atoms with Gasteiger partial charge < -0.3 is 62.6 Å². The Morgan fingerprint density at radius 3 is 1.86 bits per heavy atom. The number of hydrogen-bond acceptors (Lipinski definition) is 11. The number of nitrogens with two attached hydrogens (primary N) is 1. The highest BCUT2D eigenvalue weighted by molar-refractivity contribution is 6.00. The van der Waals surface area contributed by atoms with Crippen LogP contribution in [-0.4, -0.2) is 133 Å². The van der Waals surface area contributed by atoms with Gasteiger partial charge in [-0.1, -0.05) is 119 Å². The number of carbonyl (C=O) groups excluding carboxylic acids is 8. The lowest BCUT2D eigenvalue weighted by Crippen LogP contribution is -2.59. The van der Waals surface area contributed by atoms with Gasteiger partial charge in [-0.15, -0.1) is 0 Å². The van der Waals surface area contributed by atoms with Gasteiger partial charge in [-0.05, 0) is 93.2 Å². The number of para-hydroxylation sites is 1. The summed E-state index contributed by atoms with van der Waals surface area (Å²) in [5.74, 6) is -7.30. The van der Waals surface area contributed by atoms with Gasteiger partial charge in [0.25, 0.3) is 0 Å². The molecule has 21 heteroatoms. The molecular weight excluding hydrogens is 1040 g/mol. The van der Waals surface area contributed by atoms with Gasteiger partial charge in [-0.25, -0.2) is 4.79 Å². The van der Waals surface area contributed by atoms with Crippen LogP contribution in [0.5, 0.6) is 5.75 Å². The van der Waals surface area contributed by atoms with Crippen molar-refractivity contribution in [3.8, 4) is 5.75 Å². The topological polar surface area (TPSA) is 315 Å². The number of nitrogens with one attached hydrogen (secondary N) is 7. The van der Waals surface area contributed by atoms with Crippen LogP contribution in [0.4, 0.5) is 0 Å². The van der Waals surface area contributed by atoms with E-state index in [1.165, 1.54) is 42.7 Å². The summed E-state index contributed by atoms with van der Waals surface area (Å²) in [7, 11) is 0. The summed E-state index contributed by atoms with van der Waals surface area (Å²) >= 11 is 0. The van der Waals surface area contributed by atoms with Crippen LogP contribution in [0.15, 0.2) is 115 Å². The third-order valence-corrected chi connectivity index (χ3v) is 14.3. The summed E-state index contributed by atoms with van der Waals surface area (Å²) in [6, 6.07) is 20.1. The molecule has 21 nitrogen and oxygen atoms in total. The third-order valence-electron chi connectivity index (χ3n) is 14.3. The van der Waals surface area contributed by atoms with Crippen molar-refractivity contribution in [3.05, 3.63) is 138 Å². The first kappa shape index (κ1) is 61.6. The molecule has 9 unspecified atom stereocenters. The second-order valence-corrected chi connectivity index (χ2v) is 21.5. The number of carbonyl (C=O) groups is 9. The van der Waals surface area contributed by atoms with Crippen molar-refractivity contribution < 1.29 is 53.4 Å². The minimum atomic E-state index is -1.51. The summed E-state index contributed by atoms with van der Waals surface area (Å²) in [5.41, 5.74) is 9.18. The highest BCUT2D eigenvalue weighted by Crippen LogP contribution is 2.26. The van der Waals surface area contributed by atoms with Gasteiger partial charge >= 0.3 is 5.97 Å². The van der Waals surface area contributed by atoms with E-state index in [9.17, 15) is 53.4 Å². The van der Waals surface area contributed by atoms with E-state index in [0.717, 1.165) is 5.56 Å². The SMILES string of the molecule is CC(C)CC(NC(=O)C(N)Cc1ccccc1)C(=O)NC(C)C(=O)N1CCCC1C(=O)NC(Cc1ccc(O)cc1)C(=O)NC(C(=O)NC(C)C(=O)N(Cc1ccccc1)C(C)C(=O)NC(C(=O)O)C(C)C)c1c[nH]c2ccccc12. The molecule has 1 aromatic heterocycles. The van der Waals surface area contributed by atoms with Gasteiger partial charge in [0.1, 0.15) is 54.1 Å². The number of amides is 8. The highest BCUT2D eigenvalue weighted by Gasteiger charge is 2.40. The Kier molecular flexibility index (Phi) is 21.7. The number of aromatic hydroxyl groups is 1. The number of aliphatic carboxylic acids is 1. The van der Waals surface area contributed by atoms with Crippen molar-refractivity contribution in [1.82, 2.24) is 46.7 Å². The average Bonchev–Trinajstić information content (AvgIpc) is 4.15. The first-order valence-corrected chi connectivity index (χ1v) is 27.4. The molecule has 1 aliphatic rings. The number of phenols is 1. The van der Waals surface area contributed by atoms with E-state index in [1.807, 2.05) is 44.2 Å². The molecule has 0 saturated carbocycles. The molecule has 0 bridgehead atoms. The summed E-state index contributed by atoms with van der Waals surface area (Å²) in [6.07, 6.45) is 2.51. The zero-order valence-corrected chi connectivity index (χ0v) is 46.8. The maximum atomic E-state index is 14.9. The second kappa shape index (κ2) is 28.5. The number of aromatic nitrogens is 1. The predicted molar refractivity (Wildman–Crippen MR) is 303 cm³/mol. The Bertz CT molecular complexity index is 3010. The van der Waals surface area contributed by atoms with Crippen LogP contribution in [0.2, 0.25) is 0 Å². The lowest BCUT2D eigenvalue weighted by molar-refractivity contribution is -0.146. The van der Waals surface area contributed by atoms with Crippen LogP contribution in [0.3, 0.4) is 0 Å². The average molecular weight is 1110 g/mol. The van der Waals surface area contributed by atoms with Crippen molar-refractivity contribution in [2.45, 2.75) is 141 Å². The van der Waals surface area contributed by atoms with E-state index in [4.69, 9.17) is 5.73 Å². The summed E-state index contributed by atoms with van der Waals surface area (Å²) in [5, 5.41) is 36.9.